The number of ether oxygens (including phenoxy) is 4. The molecular formula is C22H27NO5. The van der Waals surface area contributed by atoms with Crippen LogP contribution in [0.1, 0.15) is 32.3 Å². The summed E-state index contributed by atoms with van der Waals surface area (Å²) in [6, 6.07) is 11.2. The molecule has 1 atom stereocenters. The Morgan fingerprint density at radius 3 is 2.64 bits per heavy atom. The third-order valence-electron chi connectivity index (χ3n) is 4.45. The minimum Gasteiger partial charge on any atom is -0.497 e. The zero-order chi connectivity index (χ0) is 19.9. The highest BCUT2D eigenvalue weighted by molar-refractivity contribution is 5.92. The van der Waals surface area contributed by atoms with Crippen LogP contribution in [0.15, 0.2) is 36.4 Å². The highest BCUT2D eigenvalue weighted by Gasteiger charge is 2.22. The summed E-state index contributed by atoms with van der Waals surface area (Å²) in [5.41, 5.74) is 1.76. The van der Waals surface area contributed by atoms with Crippen LogP contribution in [-0.4, -0.2) is 32.3 Å². The average Bonchev–Trinajstić information content (AvgIpc) is 3.05. The Bertz CT molecular complexity index is 803. The summed E-state index contributed by atoms with van der Waals surface area (Å²) in [7, 11) is 1.62. The molecule has 1 N–H and O–H groups in total. The molecule has 6 heteroatoms. The molecule has 0 saturated carbocycles. The molecule has 1 amide bonds. The van der Waals surface area contributed by atoms with Gasteiger partial charge in [-0.2, -0.15) is 0 Å². The number of nitrogens with one attached hydrogen (secondary N) is 1. The summed E-state index contributed by atoms with van der Waals surface area (Å²) in [6.45, 7) is 4.95. The Hall–Kier alpha value is -2.89. The molecule has 6 nitrogen and oxygen atoms in total. The van der Waals surface area contributed by atoms with Gasteiger partial charge in [0.15, 0.2) is 0 Å². The number of hydrogen-bond donors (Lipinski definition) is 1. The lowest BCUT2D eigenvalue weighted by molar-refractivity contribution is -0.116. The van der Waals surface area contributed by atoms with Crippen LogP contribution in [-0.2, 0) is 11.2 Å². The Morgan fingerprint density at radius 2 is 1.93 bits per heavy atom. The van der Waals surface area contributed by atoms with Crippen molar-refractivity contribution in [3.05, 3.63) is 42.0 Å². The van der Waals surface area contributed by atoms with Gasteiger partial charge < -0.3 is 24.3 Å². The van der Waals surface area contributed by atoms with Gasteiger partial charge in [-0.05, 0) is 50.6 Å². The van der Waals surface area contributed by atoms with Gasteiger partial charge in [-0.1, -0.05) is 0 Å². The van der Waals surface area contributed by atoms with E-state index in [0.29, 0.717) is 37.5 Å². The molecule has 1 heterocycles. The molecule has 1 aliphatic rings. The number of hydrogen-bond acceptors (Lipinski definition) is 5. The molecule has 0 aliphatic carbocycles. The van der Waals surface area contributed by atoms with Crippen LogP contribution in [0.2, 0.25) is 0 Å². The second kappa shape index (κ2) is 9.35. The van der Waals surface area contributed by atoms with Crippen molar-refractivity contribution in [2.75, 3.05) is 25.6 Å². The summed E-state index contributed by atoms with van der Waals surface area (Å²) in [6.07, 6.45) is 1.97. The third-order valence-corrected chi connectivity index (χ3v) is 4.45. The maximum atomic E-state index is 12.3. The second-order valence-corrected chi connectivity index (χ2v) is 6.70. The predicted octanol–water partition coefficient (Wildman–Crippen LogP) is 4.22. The summed E-state index contributed by atoms with van der Waals surface area (Å²) in [4.78, 5) is 12.3. The zero-order valence-corrected chi connectivity index (χ0v) is 16.6. The highest BCUT2D eigenvalue weighted by atomic mass is 16.5. The van der Waals surface area contributed by atoms with Gasteiger partial charge in [0.05, 0.1) is 26.0 Å². The maximum Gasteiger partial charge on any atom is 0.224 e. The summed E-state index contributed by atoms with van der Waals surface area (Å²) in [5, 5.41) is 2.94. The van der Waals surface area contributed by atoms with Crippen molar-refractivity contribution < 1.29 is 23.7 Å². The first kappa shape index (κ1) is 19.9. The number of benzene rings is 2. The molecule has 150 valence electrons. The first-order chi connectivity index (χ1) is 13.6. The van der Waals surface area contributed by atoms with Crippen molar-refractivity contribution >= 4 is 11.6 Å². The molecule has 28 heavy (non-hydrogen) atoms. The summed E-state index contributed by atoms with van der Waals surface area (Å²) in [5.74, 6) is 2.95. The van der Waals surface area contributed by atoms with E-state index in [4.69, 9.17) is 18.9 Å². The molecule has 0 unspecified atom stereocenters. The topological polar surface area (TPSA) is 66.0 Å². The number of amides is 1. The Balaban J connectivity index is 1.50. The fourth-order valence-electron chi connectivity index (χ4n) is 3.12. The van der Waals surface area contributed by atoms with Crippen LogP contribution in [0, 0.1) is 0 Å². The normalized spacial score (nSPS) is 14.8. The van der Waals surface area contributed by atoms with E-state index in [2.05, 4.69) is 5.32 Å². The van der Waals surface area contributed by atoms with Crippen molar-refractivity contribution in [2.45, 2.75) is 39.2 Å². The van der Waals surface area contributed by atoms with Crippen LogP contribution < -0.4 is 24.3 Å². The molecule has 0 bridgehead atoms. The Morgan fingerprint density at radius 1 is 1.18 bits per heavy atom. The van der Waals surface area contributed by atoms with E-state index in [0.717, 1.165) is 29.2 Å². The van der Waals surface area contributed by atoms with E-state index < -0.39 is 0 Å². The predicted molar refractivity (Wildman–Crippen MR) is 108 cm³/mol. The largest absolute Gasteiger partial charge is 0.497 e. The smallest absolute Gasteiger partial charge is 0.224 e. The third kappa shape index (κ3) is 5.09. The van der Waals surface area contributed by atoms with E-state index in [1.165, 1.54) is 0 Å². The van der Waals surface area contributed by atoms with Crippen molar-refractivity contribution in [1.82, 2.24) is 0 Å². The van der Waals surface area contributed by atoms with Gasteiger partial charge >= 0.3 is 0 Å². The molecule has 2 aromatic rings. The van der Waals surface area contributed by atoms with E-state index in [1.54, 1.807) is 7.11 Å². The minimum absolute atomic E-state index is 0.0784. The molecular weight excluding hydrogens is 358 g/mol. The lowest BCUT2D eigenvalue weighted by Crippen LogP contribution is -2.14. The summed E-state index contributed by atoms with van der Waals surface area (Å²) >= 11 is 0. The molecule has 0 aromatic heterocycles. The number of carbonyl (C=O) groups is 1. The van der Waals surface area contributed by atoms with E-state index in [-0.39, 0.29) is 12.0 Å². The van der Waals surface area contributed by atoms with Gasteiger partial charge in [-0.25, -0.2) is 0 Å². The monoisotopic (exact) mass is 385 g/mol. The van der Waals surface area contributed by atoms with Crippen LogP contribution in [0.4, 0.5) is 5.69 Å². The molecule has 0 radical (unpaired) electrons. The van der Waals surface area contributed by atoms with Crippen LogP contribution in [0.3, 0.4) is 0 Å². The molecule has 0 spiro atoms. The number of carbonyl (C=O) groups excluding carboxylic acids is 1. The quantitative estimate of drug-likeness (QED) is 0.655. The van der Waals surface area contributed by atoms with Crippen LogP contribution >= 0.6 is 0 Å². The van der Waals surface area contributed by atoms with Crippen molar-refractivity contribution in [2.24, 2.45) is 0 Å². The van der Waals surface area contributed by atoms with Gasteiger partial charge in [0.1, 0.15) is 29.1 Å². The number of fused-ring (bicyclic) bond motifs is 1. The van der Waals surface area contributed by atoms with E-state index in [1.807, 2.05) is 50.2 Å². The van der Waals surface area contributed by atoms with E-state index >= 15 is 0 Å². The van der Waals surface area contributed by atoms with Gasteiger partial charge in [-0.15, -0.1) is 0 Å². The zero-order valence-electron chi connectivity index (χ0n) is 16.6. The van der Waals surface area contributed by atoms with Crippen molar-refractivity contribution in [3.63, 3.8) is 0 Å². The molecule has 0 saturated heterocycles. The number of anilines is 1. The molecule has 1 aliphatic heterocycles. The lowest BCUT2D eigenvalue weighted by atomic mass is 10.1. The number of rotatable bonds is 9. The van der Waals surface area contributed by atoms with Crippen LogP contribution in [0.25, 0.3) is 0 Å². The maximum absolute atomic E-state index is 12.3. The molecule has 0 fully saturated rings. The van der Waals surface area contributed by atoms with Crippen molar-refractivity contribution in [1.29, 1.82) is 0 Å². The fraction of sp³-hybridized carbons (Fsp3) is 0.409. The van der Waals surface area contributed by atoms with E-state index in [9.17, 15) is 4.79 Å². The van der Waals surface area contributed by atoms with Gasteiger partial charge in [0.2, 0.25) is 5.91 Å². The minimum atomic E-state index is -0.0784. The Labute approximate surface area is 165 Å². The first-order valence-corrected chi connectivity index (χ1v) is 9.62. The second-order valence-electron chi connectivity index (χ2n) is 6.70. The first-order valence-electron chi connectivity index (χ1n) is 9.62. The number of methoxy groups -OCH3 is 1. The van der Waals surface area contributed by atoms with Crippen molar-refractivity contribution in [3.8, 4) is 23.0 Å². The standard InChI is InChI=1S/C22H27NO5/c1-4-26-21-13-16-12-15(2)28-20(16)14-19(21)23-22(24)6-5-11-27-18-9-7-17(25-3)8-10-18/h7-10,13-15H,4-6,11-12H2,1-3H3,(H,23,24)/t15-/m0/s1. The molecule has 2 aromatic carbocycles. The average molecular weight is 385 g/mol. The lowest BCUT2D eigenvalue weighted by Gasteiger charge is -2.13. The highest BCUT2D eigenvalue weighted by Crippen LogP contribution is 2.38. The fourth-order valence-corrected chi connectivity index (χ4v) is 3.12. The van der Waals surface area contributed by atoms with Gasteiger partial charge in [0.25, 0.3) is 0 Å². The van der Waals surface area contributed by atoms with Crippen LogP contribution in [0.5, 0.6) is 23.0 Å². The Kier molecular flexibility index (Phi) is 6.63. The van der Waals surface area contributed by atoms with Gasteiger partial charge in [0, 0.05) is 24.5 Å². The molecule has 3 rings (SSSR count). The SMILES string of the molecule is CCOc1cc2c(cc1NC(=O)CCCOc1ccc(OC)cc1)O[C@@H](C)C2. The van der Waals surface area contributed by atoms with Gasteiger partial charge in [-0.3, -0.25) is 4.79 Å². The summed E-state index contributed by atoms with van der Waals surface area (Å²) < 4.78 is 22.3.